The van der Waals surface area contributed by atoms with Crippen molar-refractivity contribution in [3.63, 3.8) is 0 Å². The largest absolute Gasteiger partial charge is 0.115 e. The molecule has 1 heteroatoms. The van der Waals surface area contributed by atoms with Gasteiger partial charge in [0.05, 0.1) is 10.2 Å². The second-order valence-corrected chi connectivity index (χ2v) is 3.81. The van der Waals surface area contributed by atoms with Gasteiger partial charge in [-0.2, -0.15) is 0 Å². The first-order valence-corrected chi connectivity index (χ1v) is 5.19. The van der Waals surface area contributed by atoms with Gasteiger partial charge in [0, 0.05) is 5.56 Å². The van der Waals surface area contributed by atoms with Gasteiger partial charge in [-0.05, 0) is 17.2 Å². The highest BCUT2D eigenvalue weighted by molar-refractivity contribution is 6.33. The average Bonchev–Trinajstić information content (AvgIpc) is 2.25. The lowest BCUT2D eigenvalue weighted by molar-refractivity contribution is 1.55. The van der Waals surface area contributed by atoms with E-state index in [1.165, 1.54) is 11.1 Å². The van der Waals surface area contributed by atoms with Gasteiger partial charge < -0.3 is 0 Å². The molecule has 0 aromatic heterocycles. The van der Waals surface area contributed by atoms with Gasteiger partial charge in [0.25, 0.3) is 0 Å². The van der Waals surface area contributed by atoms with Gasteiger partial charge in [0.1, 0.15) is 0 Å². The van der Waals surface area contributed by atoms with Crippen molar-refractivity contribution in [2.45, 2.75) is 0 Å². The molecule has 0 aliphatic heterocycles. The third-order valence-electron chi connectivity index (χ3n) is 2.30. The van der Waals surface area contributed by atoms with E-state index in [0.29, 0.717) is 0 Å². The maximum atomic E-state index is 5.17. The molecule has 0 atom stereocenters. The molecule has 69 valence electrons. The Kier molecular flexibility index (Phi) is 2.71. The smallest absolute Gasteiger partial charge is 0.0729 e. The Morgan fingerprint density at radius 1 is 0.867 bits per heavy atom. The Balaban J connectivity index is 0.000000121. The Labute approximate surface area is 93.4 Å². The molecular weight excluding hydrogens is 196 g/mol. The quantitative estimate of drug-likeness (QED) is 0.389. The fourth-order valence-corrected chi connectivity index (χ4v) is 1.52. The Morgan fingerprint density at radius 2 is 1.40 bits per heavy atom. The van der Waals surface area contributed by atoms with Gasteiger partial charge in [-0.1, -0.05) is 53.6 Å². The molecule has 3 rings (SSSR count). The van der Waals surface area contributed by atoms with Crippen molar-refractivity contribution >= 4 is 15.4 Å². The standard InChI is InChI=1S/C8H5Si.C6H4/c1-2-7-5-3-4-6-8(7)9;1-2-6-4-3-5(1)6/h1,3-6H;1-4H. The summed E-state index contributed by atoms with van der Waals surface area (Å²) in [5.41, 5.74) is 3.75. The van der Waals surface area contributed by atoms with Crippen molar-refractivity contribution in [3.05, 3.63) is 54.1 Å². The normalized spacial score (nSPS) is 9.60. The van der Waals surface area contributed by atoms with Crippen LogP contribution >= 0.6 is 0 Å². The summed E-state index contributed by atoms with van der Waals surface area (Å²) in [6.45, 7) is 0. The molecule has 0 spiro atoms. The van der Waals surface area contributed by atoms with Crippen LogP contribution in [0.1, 0.15) is 5.56 Å². The predicted molar refractivity (Wildman–Crippen MR) is 65.2 cm³/mol. The number of hydrogen-bond acceptors (Lipinski definition) is 0. The van der Waals surface area contributed by atoms with Crippen LogP contribution in [0.4, 0.5) is 0 Å². The topological polar surface area (TPSA) is 0 Å². The van der Waals surface area contributed by atoms with Crippen molar-refractivity contribution in [1.82, 2.24) is 0 Å². The van der Waals surface area contributed by atoms with E-state index in [1.807, 2.05) is 24.3 Å². The maximum Gasteiger partial charge on any atom is 0.0729 e. The molecule has 0 saturated heterocycles. The monoisotopic (exact) mass is 205 g/mol. The third kappa shape index (κ3) is 2.01. The van der Waals surface area contributed by atoms with Crippen LogP contribution in [0.2, 0.25) is 0 Å². The molecule has 0 bridgehead atoms. The first-order valence-electron chi connectivity index (χ1n) is 4.69. The van der Waals surface area contributed by atoms with Crippen LogP contribution in [-0.4, -0.2) is 10.2 Å². The van der Waals surface area contributed by atoms with Gasteiger partial charge >= 0.3 is 0 Å². The van der Waals surface area contributed by atoms with Crippen LogP contribution < -0.4 is 5.19 Å². The minimum atomic E-state index is 0.897. The molecular formula is C14H9Si. The summed E-state index contributed by atoms with van der Waals surface area (Å²) in [6.07, 6.45) is 5.17. The lowest BCUT2D eigenvalue weighted by Gasteiger charge is -2.10. The van der Waals surface area contributed by atoms with Crippen LogP contribution in [0, 0.1) is 12.3 Å². The fraction of sp³-hybridized carbons (Fsp3) is 0. The molecule has 0 N–H and O–H groups in total. The van der Waals surface area contributed by atoms with E-state index in [2.05, 4.69) is 40.4 Å². The summed E-state index contributed by atoms with van der Waals surface area (Å²) >= 11 is 0. The highest BCUT2D eigenvalue weighted by Crippen LogP contribution is 2.29. The summed E-state index contributed by atoms with van der Waals surface area (Å²) in [5, 5.41) is 0.972. The van der Waals surface area contributed by atoms with Crippen LogP contribution in [0.5, 0.6) is 0 Å². The van der Waals surface area contributed by atoms with Gasteiger partial charge in [0.2, 0.25) is 0 Å². The minimum Gasteiger partial charge on any atom is -0.115 e. The Bertz CT molecular complexity index is 483. The summed E-state index contributed by atoms with van der Waals surface area (Å²) in [4.78, 5) is 0. The van der Waals surface area contributed by atoms with Crippen LogP contribution in [0.15, 0.2) is 48.5 Å². The molecule has 3 radical (unpaired) electrons. The van der Waals surface area contributed by atoms with Gasteiger partial charge in [-0.15, -0.1) is 6.42 Å². The first-order chi connectivity index (χ1) is 7.31. The van der Waals surface area contributed by atoms with Gasteiger partial charge in [-0.3, -0.25) is 0 Å². The molecule has 2 aliphatic carbocycles. The summed E-state index contributed by atoms with van der Waals surface area (Å²) in [5.74, 6) is 2.55. The second-order valence-electron chi connectivity index (χ2n) is 3.27. The Hall–Kier alpha value is -1.78. The maximum absolute atomic E-state index is 5.17. The van der Waals surface area contributed by atoms with Gasteiger partial charge in [-0.25, -0.2) is 0 Å². The highest BCUT2D eigenvalue weighted by Gasteiger charge is 2.03. The fourth-order valence-electron chi connectivity index (χ4n) is 1.27. The third-order valence-corrected chi connectivity index (χ3v) is 2.74. The van der Waals surface area contributed by atoms with Crippen LogP contribution in [0.25, 0.3) is 11.1 Å². The zero-order valence-electron chi connectivity index (χ0n) is 8.20. The summed E-state index contributed by atoms with van der Waals surface area (Å²) in [6, 6.07) is 16.1. The van der Waals surface area contributed by atoms with E-state index < -0.39 is 0 Å². The minimum absolute atomic E-state index is 0.897. The first kappa shape index (κ1) is 9.76. The zero-order valence-corrected chi connectivity index (χ0v) is 9.20. The molecule has 0 saturated carbocycles. The lowest BCUT2D eigenvalue weighted by atomic mass is 9.95. The lowest BCUT2D eigenvalue weighted by Crippen LogP contribution is -2.05. The van der Waals surface area contributed by atoms with E-state index in [1.54, 1.807) is 0 Å². The molecule has 0 amide bonds. The molecule has 15 heavy (non-hydrogen) atoms. The summed E-state index contributed by atoms with van der Waals surface area (Å²) < 4.78 is 0. The summed E-state index contributed by atoms with van der Waals surface area (Å²) in [7, 11) is 3.36. The van der Waals surface area contributed by atoms with Crippen molar-refractivity contribution in [3.8, 4) is 23.5 Å². The van der Waals surface area contributed by atoms with E-state index in [-0.39, 0.29) is 0 Å². The van der Waals surface area contributed by atoms with Crippen LogP contribution in [0.3, 0.4) is 0 Å². The predicted octanol–water partition coefficient (Wildman–Crippen LogP) is 2.13. The number of rotatable bonds is 0. The molecule has 0 nitrogen and oxygen atoms in total. The SMILES string of the molecule is C#Cc1ccccc1[Si].c1cc2ccc1-2. The molecule has 2 aliphatic rings. The number of terminal acetylenes is 1. The molecule has 1 aromatic carbocycles. The van der Waals surface area contributed by atoms with E-state index in [9.17, 15) is 0 Å². The van der Waals surface area contributed by atoms with Crippen molar-refractivity contribution < 1.29 is 0 Å². The van der Waals surface area contributed by atoms with Crippen molar-refractivity contribution in [2.75, 3.05) is 0 Å². The second kappa shape index (κ2) is 4.16. The number of fused-ring (bicyclic) bond motifs is 1. The van der Waals surface area contributed by atoms with Gasteiger partial charge in [0.15, 0.2) is 0 Å². The highest BCUT2D eigenvalue weighted by atomic mass is 28.1. The Morgan fingerprint density at radius 3 is 1.67 bits per heavy atom. The van der Waals surface area contributed by atoms with E-state index in [4.69, 9.17) is 6.42 Å². The molecule has 0 heterocycles. The van der Waals surface area contributed by atoms with E-state index >= 15 is 0 Å². The van der Waals surface area contributed by atoms with Crippen molar-refractivity contribution in [2.24, 2.45) is 0 Å². The van der Waals surface area contributed by atoms with E-state index in [0.717, 1.165) is 10.8 Å². The molecule has 0 unspecified atom stereocenters. The number of hydrogen-bond donors (Lipinski definition) is 0. The number of benzene rings is 2. The molecule has 1 aromatic rings. The zero-order chi connectivity index (χ0) is 10.7. The molecule has 0 fully saturated rings. The van der Waals surface area contributed by atoms with Crippen LogP contribution in [-0.2, 0) is 0 Å². The van der Waals surface area contributed by atoms with Crippen molar-refractivity contribution in [1.29, 1.82) is 0 Å². The average molecular weight is 205 g/mol.